The fourth-order valence-corrected chi connectivity index (χ4v) is 5.78. The lowest BCUT2D eigenvalue weighted by molar-refractivity contribution is -0.0657. The largest absolute Gasteiger partial charge is 0.494 e. The molecule has 4 rings (SSSR count). The Labute approximate surface area is 227 Å². The molecule has 210 valence electrons. The predicted octanol–water partition coefficient (Wildman–Crippen LogP) is 5.03. The molecule has 2 heterocycles. The molecule has 1 aliphatic rings. The standard InChI is InChI=1S/C27H29F4N3O4S/c1-3-38-26(36)21-25(39-24(33-21)17-12-19(29)20(37-2)13-18(17)28)34-11-7-10-27(15-34,22(35)23(30)31)32-14-16-8-5-4-6-9-16/h4-6,8-9,12-13,22-23,32,35H,3,7,10-11,14-15H2,1-2H3/t22-,27-/m1/s1. The van der Waals surface area contributed by atoms with Gasteiger partial charge in [0.1, 0.15) is 21.9 Å². The Hall–Kier alpha value is -3.22. The Balaban J connectivity index is 1.73. The van der Waals surface area contributed by atoms with Gasteiger partial charge in [-0.1, -0.05) is 41.7 Å². The van der Waals surface area contributed by atoms with Crippen molar-refractivity contribution in [3.05, 3.63) is 65.4 Å². The Morgan fingerprint density at radius 1 is 1.23 bits per heavy atom. The number of nitrogens with zero attached hydrogens (tertiary/aromatic N) is 2. The summed E-state index contributed by atoms with van der Waals surface area (Å²) >= 11 is 0.915. The minimum atomic E-state index is -3.02. The van der Waals surface area contributed by atoms with Gasteiger partial charge in [0.05, 0.1) is 19.3 Å². The lowest BCUT2D eigenvalue weighted by atomic mass is 9.83. The maximum atomic E-state index is 14.9. The summed E-state index contributed by atoms with van der Waals surface area (Å²) in [7, 11) is 1.21. The quantitative estimate of drug-likeness (QED) is 0.263. The first-order chi connectivity index (χ1) is 18.7. The molecule has 2 N–H and O–H groups in total. The predicted molar refractivity (Wildman–Crippen MR) is 139 cm³/mol. The number of benzene rings is 2. The summed E-state index contributed by atoms with van der Waals surface area (Å²) in [6, 6.07) is 11.0. The number of nitrogens with one attached hydrogen (secondary N) is 1. The fraction of sp³-hybridized carbons (Fsp3) is 0.407. The van der Waals surface area contributed by atoms with Crippen molar-refractivity contribution >= 4 is 22.3 Å². The lowest BCUT2D eigenvalue weighted by Crippen LogP contribution is -2.65. The number of esters is 1. The number of aromatic nitrogens is 1. The molecule has 0 unspecified atom stereocenters. The van der Waals surface area contributed by atoms with Gasteiger partial charge in [-0.3, -0.25) is 0 Å². The molecule has 1 aromatic heterocycles. The summed E-state index contributed by atoms with van der Waals surface area (Å²) in [6.45, 7) is 2.16. The molecule has 0 amide bonds. The molecule has 1 fully saturated rings. The van der Waals surface area contributed by atoms with Crippen LogP contribution >= 0.6 is 11.3 Å². The lowest BCUT2D eigenvalue weighted by Gasteiger charge is -2.46. The van der Waals surface area contributed by atoms with E-state index < -0.39 is 35.7 Å². The molecular weight excluding hydrogens is 538 g/mol. The zero-order chi connectivity index (χ0) is 28.2. The summed E-state index contributed by atoms with van der Waals surface area (Å²) in [4.78, 5) is 18.8. The second-order valence-electron chi connectivity index (χ2n) is 9.16. The normalized spacial score (nSPS) is 18.3. The van der Waals surface area contributed by atoms with E-state index in [4.69, 9.17) is 9.47 Å². The highest BCUT2D eigenvalue weighted by Crippen LogP contribution is 2.41. The highest BCUT2D eigenvalue weighted by Gasteiger charge is 2.46. The van der Waals surface area contributed by atoms with Crippen molar-refractivity contribution in [2.45, 2.75) is 44.4 Å². The van der Waals surface area contributed by atoms with Crippen LogP contribution in [0.4, 0.5) is 22.6 Å². The Kier molecular flexibility index (Phi) is 9.08. The van der Waals surface area contributed by atoms with Gasteiger partial charge in [-0.05, 0) is 31.4 Å². The van der Waals surface area contributed by atoms with Gasteiger partial charge in [0.2, 0.25) is 0 Å². The highest BCUT2D eigenvalue weighted by atomic mass is 32.1. The molecular formula is C27H29F4N3O4S. The number of aliphatic hydroxyl groups excluding tert-OH is 1. The summed E-state index contributed by atoms with van der Waals surface area (Å²) in [5.41, 5.74) is -0.902. The Morgan fingerprint density at radius 3 is 2.64 bits per heavy atom. The van der Waals surface area contributed by atoms with E-state index in [9.17, 15) is 27.5 Å². The number of carbonyl (C=O) groups excluding carboxylic acids is 1. The molecule has 0 saturated carbocycles. The van der Waals surface area contributed by atoms with Crippen LogP contribution in [0.5, 0.6) is 5.75 Å². The monoisotopic (exact) mass is 567 g/mol. The van der Waals surface area contributed by atoms with Crippen LogP contribution < -0.4 is 15.0 Å². The number of ether oxygens (including phenoxy) is 2. The van der Waals surface area contributed by atoms with Gasteiger partial charge in [-0.2, -0.15) is 0 Å². The van der Waals surface area contributed by atoms with Crippen LogP contribution in [0, 0.1) is 11.6 Å². The van der Waals surface area contributed by atoms with Crippen molar-refractivity contribution in [2.75, 3.05) is 31.7 Å². The van der Waals surface area contributed by atoms with Crippen LogP contribution in [0.15, 0.2) is 42.5 Å². The number of rotatable bonds is 10. The molecule has 0 spiro atoms. The van der Waals surface area contributed by atoms with Crippen LogP contribution in [-0.2, 0) is 11.3 Å². The van der Waals surface area contributed by atoms with Gasteiger partial charge in [-0.15, -0.1) is 0 Å². The molecule has 7 nitrogen and oxygen atoms in total. The number of methoxy groups -OCH3 is 1. The minimum absolute atomic E-state index is 0.00920. The maximum absolute atomic E-state index is 14.9. The first-order valence-electron chi connectivity index (χ1n) is 12.4. The number of aliphatic hydroxyl groups is 1. The van der Waals surface area contributed by atoms with Gasteiger partial charge >= 0.3 is 5.97 Å². The topological polar surface area (TPSA) is 83.9 Å². The second kappa shape index (κ2) is 12.3. The van der Waals surface area contributed by atoms with Crippen molar-refractivity contribution in [3.63, 3.8) is 0 Å². The Bertz CT molecular complexity index is 1290. The smallest absolute Gasteiger partial charge is 0.360 e. The summed E-state index contributed by atoms with van der Waals surface area (Å²) in [6.07, 6.45) is -4.37. The molecule has 0 aliphatic carbocycles. The van der Waals surface area contributed by atoms with E-state index in [1.54, 1.807) is 11.8 Å². The minimum Gasteiger partial charge on any atom is -0.494 e. The van der Waals surface area contributed by atoms with E-state index >= 15 is 0 Å². The van der Waals surface area contributed by atoms with Gasteiger partial charge < -0.3 is 24.8 Å². The second-order valence-corrected chi connectivity index (χ2v) is 10.1. The summed E-state index contributed by atoms with van der Waals surface area (Å²) in [5.74, 6) is -2.70. The highest BCUT2D eigenvalue weighted by molar-refractivity contribution is 7.19. The first kappa shape index (κ1) is 28.8. The van der Waals surface area contributed by atoms with Crippen molar-refractivity contribution in [1.29, 1.82) is 0 Å². The summed E-state index contributed by atoms with van der Waals surface area (Å²) < 4.78 is 67.1. The van der Waals surface area contributed by atoms with E-state index in [1.807, 2.05) is 30.3 Å². The zero-order valence-electron chi connectivity index (χ0n) is 21.4. The number of alkyl halides is 2. The molecule has 1 saturated heterocycles. The first-order valence-corrected chi connectivity index (χ1v) is 13.2. The average molecular weight is 568 g/mol. The van der Waals surface area contributed by atoms with Crippen molar-refractivity contribution < 1.29 is 36.9 Å². The Morgan fingerprint density at radius 2 is 1.97 bits per heavy atom. The molecule has 0 radical (unpaired) electrons. The number of halogens is 4. The third-order valence-electron chi connectivity index (χ3n) is 6.65. The number of piperidine rings is 1. The number of hydrogen-bond donors (Lipinski definition) is 2. The van der Waals surface area contributed by atoms with Gasteiger partial charge in [0.15, 0.2) is 17.3 Å². The molecule has 39 heavy (non-hydrogen) atoms. The van der Waals surface area contributed by atoms with E-state index in [-0.39, 0.29) is 53.1 Å². The molecule has 2 aromatic carbocycles. The number of hydrogen-bond acceptors (Lipinski definition) is 8. The van der Waals surface area contributed by atoms with Crippen molar-refractivity contribution in [3.8, 4) is 16.3 Å². The van der Waals surface area contributed by atoms with Gasteiger partial charge in [0, 0.05) is 31.3 Å². The number of thiazole rings is 1. The summed E-state index contributed by atoms with van der Waals surface area (Å²) in [5, 5.41) is 14.1. The van der Waals surface area contributed by atoms with E-state index in [2.05, 4.69) is 10.3 Å². The van der Waals surface area contributed by atoms with Crippen LogP contribution in [-0.4, -0.2) is 60.9 Å². The average Bonchev–Trinajstić information content (AvgIpc) is 3.39. The van der Waals surface area contributed by atoms with Crippen LogP contribution in [0.2, 0.25) is 0 Å². The SMILES string of the molecule is CCOC(=O)c1nc(-c2cc(F)c(OC)cc2F)sc1N1CCC[C@](NCc2ccccc2)([C@H](O)C(F)F)C1. The van der Waals surface area contributed by atoms with Gasteiger partial charge in [-0.25, -0.2) is 27.3 Å². The van der Waals surface area contributed by atoms with E-state index in [0.29, 0.717) is 13.0 Å². The number of carbonyl (C=O) groups is 1. The molecule has 2 atom stereocenters. The van der Waals surface area contributed by atoms with Crippen molar-refractivity contribution in [2.24, 2.45) is 0 Å². The van der Waals surface area contributed by atoms with E-state index in [0.717, 1.165) is 29.0 Å². The fourth-order valence-electron chi connectivity index (χ4n) is 4.69. The number of anilines is 1. The zero-order valence-corrected chi connectivity index (χ0v) is 22.2. The molecule has 12 heteroatoms. The third kappa shape index (κ3) is 6.18. The molecule has 0 bridgehead atoms. The maximum Gasteiger partial charge on any atom is 0.360 e. The van der Waals surface area contributed by atoms with Gasteiger partial charge in [0.25, 0.3) is 6.43 Å². The van der Waals surface area contributed by atoms with Crippen LogP contribution in [0.25, 0.3) is 10.6 Å². The molecule has 3 aromatic rings. The van der Waals surface area contributed by atoms with Crippen LogP contribution in [0.3, 0.4) is 0 Å². The van der Waals surface area contributed by atoms with Crippen LogP contribution in [0.1, 0.15) is 35.8 Å². The van der Waals surface area contributed by atoms with Crippen molar-refractivity contribution in [1.82, 2.24) is 10.3 Å². The van der Waals surface area contributed by atoms with E-state index in [1.165, 1.54) is 7.11 Å². The third-order valence-corrected chi connectivity index (χ3v) is 7.80. The molecule has 1 aliphatic heterocycles.